The lowest BCUT2D eigenvalue weighted by Gasteiger charge is -2.42. The molecule has 1 unspecified atom stereocenters. The van der Waals surface area contributed by atoms with Crippen molar-refractivity contribution in [3.05, 3.63) is 36.1 Å². The van der Waals surface area contributed by atoms with Crippen molar-refractivity contribution >= 4 is 28.5 Å². The second kappa shape index (κ2) is 6.44. The van der Waals surface area contributed by atoms with Gasteiger partial charge < -0.3 is 14.6 Å². The third kappa shape index (κ3) is 2.65. The number of amides is 2. The van der Waals surface area contributed by atoms with E-state index in [0.717, 1.165) is 60.8 Å². The second-order valence-corrected chi connectivity index (χ2v) is 8.89. The number of benzene rings is 1. The number of fused-ring (bicyclic) bond motifs is 3. The van der Waals surface area contributed by atoms with Crippen molar-refractivity contribution in [3.8, 4) is 0 Å². The summed E-state index contributed by atoms with van der Waals surface area (Å²) in [7, 11) is 0. The Morgan fingerprint density at radius 1 is 1.14 bits per heavy atom. The van der Waals surface area contributed by atoms with Gasteiger partial charge in [0.25, 0.3) is 0 Å². The summed E-state index contributed by atoms with van der Waals surface area (Å²) in [6.07, 6.45) is 7.78. The molecule has 4 aliphatic rings. The fourth-order valence-corrected chi connectivity index (χ4v) is 5.57. The molecular formula is C23H25N3O3. The predicted octanol–water partition coefficient (Wildman–Crippen LogP) is 3.22. The first-order valence-electron chi connectivity index (χ1n) is 10.8. The molecule has 2 aliphatic carbocycles. The number of carbonyl (C=O) groups excluding carboxylic acids is 2. The van der Waals surface area contributed by atoms with E-state index in [4.69, 9.17) is 9.41 Å². The van der Waals surface area contributed by atoms with Gasteiger partial charge in [-0.1, -0.05) is 31.0 Å². The molecule has 1 N–H and O–H groups in total. The van der Waals surface area contributed by atoms with Crippen LogP contribution >= 0.6 is 0 Å². The number of furan rings is 1. The SMILES string of the molecule is O=C1NCC2=N[C@@H]3CCCC[C@H]3N(C(=O)C3CC3)[C@H](c3cccc4ccoc34)C12. The summed E-state index contributed by atoms with van der Waals surface area (Å²) in [4.78, 5) is 33.8. The number of rotatable bonds is 2. The van der Waals surface area contributed by atoms with Crippen LogP contribution in [0.1, 0.15) is 50.1 Å². The molecule has 1 aromatic carbocycles. The molecule has 29 heavy (non-hydrogen) atoms. The molecule has 6 rings (SSSR count). The van der Waals surface area contributed by atoms with Gasteiger partial charge in [0.05, 0.1) is 30.9 Å². The third-order valence-electron chi connectivity index (χ3n) is 7.09. The monoisotopic (exact) mass is 391 g/mol. The number of nitrogens with zero attached hydrogens (tertiary/aromatic N) is 2. The van der Waals surface area contributed by atoms with Crippen LogP contribution in [-0.4, -0.2) is 41.1 Å². The highest BCUT2D eigenvalue weighted by atomic mass is 16.3. The highest BCUT2D eigenvalue weighted by Crippen LogP contribution is 2.45. The van der Waals surface area contributed by atoms with Crippen LogP contribution < -0.4 is 5.32 Å². The zero-order chi connectivity index (χ0) is 19.5. The third-order valence-corrected chi connectivity index (χ3v) is 7.09. The van der Waals surface area contributed by atoms with Crippen LogP contribution in [0.15, 0.2) is 39.9 Å². The molecule has 4 atom stereocenters. The molecule has 0 radical (unpaired) electrons. The number of carbonyl (C=O) groups is 2. The molecule has 150 valence electrons. The van der Waals surface area contributed by atoms with Gasteiger partial charge in [0.15, 0.2) is 0 Å². The summed E-state index contributed by atoms with van der Waals surface area (Å²) in [5.41, 5.74) is 2.62. The van der Waals surface area contributed by atoms with E-state index in [0.29, 0.717) is 6.54 Å². The Bertz CT molecular complexity index is 1020. The maximum absolute atomic E-state index is 13.6. The van der Waals surface area contributed by atoms with Crippen molar-refractivity contribution in [1.82, 2.24) is 10.2 Å². The van der Waals surface area contributed by atoms with Crippen LogP contribution in [0.25, 0.3) is 11.0 Å². The van der Waals surface area contributed by atoms with E-state index in [9.17, 15) is 9.59 Å². The number of hydrogen-bond acceptors (Lipinski definition) is 4. The normalized spacial score (nSPS) is 31.7. The molecular weight excluding hydrogens is 366 g/mol. The summed E-state index contributed by atoms with van der Waals surface area (Å²) >= 11 is 0. The number of para-hydroxylation sites is 1. The fraction of sp³-hybridized carbons (Fsp3) is 0.522. The Morgan fingerprint density at radius 3 is 2.86 bits per heavy atom. The van der Waals surface area contributed by atoms with Gasteiger partial charge in [0, 0.05) is 22.6 Å². The molecule has 2 aromatic rings. The van der Waals surface area contributed by atoms with E-state index in [1.807, 2.05) is 24.3 Å². The first-order valence-corrected chi connectivity index (χ1v) is 10.8. The lowest BCUT2D eigenvalue weighted by Crippen LogP contribution is -2.51. The van der Waals surface area contributed by atoms with E-state index in [1.54, 1.807) is 6.26 Å². The van der Waals surface area contributed by atoms with Gasteiger partial charge in [-0.25, -0.2) is 0 Å². The summed E-state index contributed by atoms with van der Waals surface area (Å²) < 4.78 is 5.86. The van der Waals surface area contributed by atoms with Gasteiger partial charge in [-0.05, 0) is 31.7 Å². The van der Waals surface area contributed by atoms with Gasteiger partial charge in [0.2, 0.25) is 11.8 Å². The van der Waals surface area contributed by atoms with E-state index in [-0.39, 0.29) is 35.9 Å². The summed E-state index contributed by atoms with van der Waals surface area (Å²) in [5.74, 6) is -0.156. The Morgan fingerprint density at radius 2 is 2.00 bits per heavy atom. The van der Waals surface area contributed by atoms with E-state index >= 15 is 0 Å². The molecule has 6 heteroatoms. The van der Waals surface area contributed by atoms with E-state index in [1.165, 1.54) is 0 Å². The van der Waals surface area contributed by atoms with Gasteiger partial charge in [-0.2, -0.15) is 0 Å². The highest BCUT2D eigenvalue weighted by Gasteiger charge is 2.52. The first kappa shape index (κ1) is 17.2. The smallest absolute Gasteiger partial charge is 0.231 e. The Hall–Kier alpha value is -2.63. The average Bonchev–Trinajstić information content (AvgIpc) is 3.41. The average molecular weight is 391 g/mol. The Balaban J connectivity index is 1.57. The van der Waals surface area contributed by atoms with E-state index < -0.39 is 5.92 Å². The van der Waals surface area contributed by atoms with Crippen LogP contribution in [0.3, 0.4) is 0 Å². The number of hydrogen-bond donors (Lipinski definition) is 1. The fourth-order valence-electron chi connectivity index (χ4n) is 5.57. The van der Waals surface area contributed by atoms with Gasteiger partial charge >= 0.3 is 0 Å². The molecule has 2 amide bonds. The summed E-state index contributed by atoms with van der Waals surface area (Å²) in [6, 6.07) is 7.79. The topological polar surface area (TPSA) is 74.9 Å². The summed E-state index contributed by atoms with van der Waals surface area (Å²) in [5, 5.41) is 3.99. The number of aliphatic imine (C=N–C) groups is 1. The second-order valence-electron chi connectivity index (χ2n) is 8.89. The van der Waals surface area contributed by atoms with Crippen molar-refractivity contribution < 1.29 is 14.0 Å². The molecule has 1 saturated heterocycles. The van der Waals surface area contributed by atoms with Crippen LogP contribution in [-0.2, 0) is 9.59 Å². The van der Waals surface area contributed by atoms with Crippen LogP contribution in [0.2, 0.25) is 0 Å². The first-order chi connectivity index (χ1) is 14.2. The van der Waals surface area contributed by atoms with Gasteiger partial charge in [-0.15, -0.1) is 0 Å². The Kier molecular flexibility index (Phi) is 3.83. The van der Waals surface area contributed by atoms with Crippen LogP contribution in [0.4, 0.5) is 0 Å². The van der Waals surface area contributed by atoms with Crippen LogP contribution in [0.5, 0.6) is 0 Å². The quantitative estimate of drug-likeness (QED) is 0.854. The maximum atomic E-state index is 13.6. The lowest BCUT2D eigenvalue weighted by molar-refractivity contribution is -0.141. The predicted molar refractivity (Wildman–Crippen MR) is 109 cm³/mol. The zero-order valence-corrected chi connectivity index (χ0v) is 16.3. The number of nitrogens with one attached hydrogen (secondary N) is 1. The van der Waals surface area contributed by atoms with Crippen molar-refractivity contribution in [2.75, 3.05) is 6.54 Å². The van der Waals surface area contributed by atoms with Crippen molar-refractivity contribution in [2.45, 2.75) is 56.7 Å². The summed E-state index contributed by atoms with van der Waals surface area (Å²) in [6.45, 7) is 0.489. The highest BCUT2D eigenvalue weighted by molar-refractivity contribution is 6.12. The molecule has 2 aliphatic heterocycles. The van der Waals surface area contributed by atoms with Crippen molar-refractivity contribution in [3.63, 3.8) is 0 Å². The molecule has 2 saturated carbocycles. The minimum Gasteiger partial charge on any atom is -0.464 e. The Labute approximate surface area is 169 Å². The van der Waals surface area contributed by atoms with Crippen molar-refractivity contribution in [1.29, 1.82) is 0 Å². The van der Waals surface area contributed by atoms with Gasteiger partial charge in [0.1, 0.15) is 11.5 Å². The van der Waals surface area contributed by atoms with E-state index in [2.05, 4.69) is 10.2 Å². The molecule has 0 bridgehead atoms. The van der Waals surface area contributed by atoms with Gasteiger partial charge in [-0.3, -0.25) is 14.6 Å². The molecule has 3 heterocycles. The largest absolute Gasteiger partial charge is 0.464 e. The minimum atomic E-state index is -0.431. The standard InChI is InChI=1S/C23H25N3O3/c27-22-19-17(12-24-22)25-16-6-1-2-7-18(16)26(23(28)14-8-9-14)20(19)15-5-3-4-13-10-11-29-21(13)15/h3-5,10-11,14,16,18-20H,1-2,6-9,12H2,(H,24,27)/t16-,18-,19?,20-/m1/s1. The molecule has 6 nitrogen and oxygen atoms in total. The molecule has 3 fully saturated rings. The van der Waals surface area contributed by atoms with Crippen molar-refractivity contribution in [2.24, 2.45) is 16.8 Å². The molecule has 0 spiro atoms. The minimum absolute atomic E-state index is 0.0236. The maximum Gasteiger partial charge on any atom is 0.231 e. The lowest BCUT2D eigenvalue weighted by atomic mass is 9.85. The zero-order valence-electron chi connectivity index (χ0n) is 16.3. The molecule has 1 aromatic heterocycles. The van der Waals surface area contributed by atoms with Crippen LogP contribution in [0, 0.1) is 11.8 Å².